The Morgan fingerprint density at radius 1 is 0.932 bits per heavy atom. The minimum Gasteiger partial charge on any atom is -0.394 e. The molecule has 2 heterocycles. The second-order valence-corrected chi connectivity index (χ2v) is 20.9. The molecule has 0 bridgehead atoms. The molecule has 26 heteroatoms. The van der Waals surface area contributed by atoms with Crippen LogP contribution in [0.2, 0.25) is 0 Å². The molecule has 1 aromatic heterocycles. The number of aryl methyl sites for hydroxylation is 1. The van der Waals surface area contributed by atoms with Gasteiger partial charge in [-0.15, -0.1) is 0 Å². The van der Waals surface area contributed by atoms with Gasteiger partial charge in [-0.05, 0) is 77.0 Å². The largest absolute Gasteiger partial charge is 0.469 e. The number of aromatic amines is 1. The second kappa shape index (κ2) is 31.8. The number of unbranched alkanes of at least 4 members (excludes halogenated alkanes) is 1. The molecule has 1 aromatic carbocycles. The number of nitrogens with two attached hydrogens (primary N) is 1. The standard InChI is InChI=1S/C48H78N9O15PS/c1-30(2)22-36(44(62)53-37(23-34-25-50-29-52-34)45(63)55-38(27-58)46(64)56-42(43(49)61)32(4)72-73(66,67)68)54-47(65)39-24-35(69-19-11-10-14-33-12-8-7-9-13-33)26-57(39)41(60)16-20-71-48(5,6)28-70-31(3)15-18-51-40(59)17-21-74/h7-9,12-13,25,29-32,35-39,42,58,74H,10-11,14-24,26-28H2,1-6H3,(H2,49,61)(H,50,52)(H,51,59)(H,53,62)(H,54,65)(H,55,63)(H,56,64)(H2,66,67,68)/t31?,32-,35-,36+,37+,38+,39+,42+/m1/s1. The first kappa shape index (κ1) is 63.3. The van der Waals surface area contributed by atoms with Gasteiger partial charge in [-0.3, -0.25) is 38.1 Å². The SMILES string of the molecule is CC(C)C[C@H](NC(=O)[C@@H]1C[C@@H](OCCCCc2ccccc2)CN1C(=O)CCOC(C)(C)COC(C)CCNC(=O)CCS)C(=O)N[C@@H](Cc1cnc[nH]1)C(=O)N[C@@H](CO)C(=O)N[C@H](C(N)=O)[C@@H](C)OP(=O)(O)O. The second-order valence-electron chi connectivity index (χ2n) is 19.3. The molecule has 1 unspecified atom stereocenters. The van der Waals surface area contributed by atoms with Crippen molar-refractivity contribution >= 4 is 61.8 Å². The number of amides is 7. The highest BCUT2D eigenvalue weighted by atomic mass is 32.1. The summed E-state index contributed by atoms with van der Waals surface area (Å²) >= 11 is 4.08. The maximum Gasteiger partial charge on any atom is 0.469 e. The van der Waals surface area contributed by atoms with E-state index in [0.29, 0.717) is 37.4 Å². The number of hydrogen-bond acceptors (Lipinski definition) is 15. The van der Waals surface area contributed by atoms with Crippen LogP contribution in [0.15, 0.2) is 42.9 Å². The average Bonchev–Trinajstić information content (AvgIpc) is 4.01. The van der Waals surface area contributed by atoms with Gasteiger partial charge in [-0.1, -0.05) is 44.2 Å². The van der Waals surface area contributed by atoms with Gasteiger partial charge in [0.15, 0.2) is 0 Å². The van der Waals surface area contributed by atoms with Crippen molar-refractivity contribution in [1.29, 1.82) is 0 Å². The molecule has 0 radical (unpaired) electrons. The van der Waals surface area contributed by atoms with Crippen molar-refractivity contribution in [2.75, 3.05) is 45.3 Å². The number of ether oxygens (including phenoxy) is 3. The number of thiol groups is 1. The molecule has 1 saturated heterocycles. The quantitative estimate of drug-likeness (QED) is 0.0252. The van der Waals surface area contributed by atoms with E-state index in [0.717, 1.165) is 26.2 Å². The number of phosphoric ester groups is 1. The van der Waals surface area contributed by atoms with Crippen LogP contribution in [-0.2, 0) is 69.7 Å². The van der Waals surface area contributed by atoms with Crippen LogP contribution in [-0.4, -0.2) is 171 Å². The molecule has 0 spiro atoms. The molecule has 0 aliphatic carbocycles. The van der Waals surface area contributed by atoms with Crippen LogP contribution >= 0.6 is 20.5 Å². The van der Waals surface area contributed by atoms with Gasteiger partial charge >= 0.3 is 7.82 Å². The van der Waals surface area contributed by atoms with Crippen molar-refractivity contribution < 1.29 is 71.8 Å². The lowest BCUT2D eigenvalue weighted by atomic mass is 10.0. The molecule has 8 atom stereocenters. The molecule has 0 saturated carbocycles. The van der Waals surface area contributed by atoms with Crippen molar-refractivity contribution in [1.82, 2.24) is 41.5 Å². The number of aliphatic hydroxyl groups is 1. The summed E-state index contributed by atoms with van der Waals surface area (Å²) < 4.78 is 34.2. The van der Waals surface area contributed by atoms with Gasteiger partial charge in [0.1, 0.15) is 30.2 Å². The normalized spacial score (nSPS) is 17.4. The van der Waals surface area contributed by atoms with E-state index >= 15 is 0 Å². The Bertz CT molecular complexity index is 2140. The molecule has 3 rings (SSSR count). The maximum absolute atomic E-state index is 14.4. The van der Waals surface area contributed by atoms with Crippen LogP contribution in [0.1, 0.15) is 97.7 Å². The highest BCUT2D eigenvalue weighted by Gasteiger charge is 2.42. The van der Waals surface area contributed by atoms with Gasteiger partial charge in [0.2, 0.25) is 41.4 Å². The monoisotopic (exact) mass is 1080 g/mol. The Kier molecular flexibility index (Phi) is 27.2. The fraction of sp³-hybridized carbons (Fsp3) is 0.667. The lowest BCUT2D eigenvalue weighted by Gasteiger charge is -2.29. The first-order chi connectivity index (χ1) is 34.9. The number of nitrogens with zero attached hydrogens (tertiary/aromatic N) is 2. The number of imidazole rings is 1. The number of benzene rings is 1. The number of rotatable bonds is 35. The zero-order valence-corrected chi connectivity index (χ0v) is 44.9. The minimum absolute atomic E-state index is 0.00599. The summed E-state index contributed by atoms with van der Waals surface area (Å²) in [6.45, 7) is 10.4. The van der Waals surface area contributed by atoms with Gasteiger partial charge in [0.05, 0.1) is 56.5 Å². The molecular formula is C48H78N9O15PS. The third-order valence-electron chi connectivity index (χ3n) is 11.8. The third-order valence-corrected chi connectivity index (χ3v) is 12.7. The Balaban J connectivity index is 1.76. The highest BCUT2D eigenvalue weighted by Crippen LogP contribution is 2.38. The van der Waals surface area contributed by atoms with Crippen LogP contribution in [0.5, 0.6) is 0 Å². The van der Waals surface area contributed by atoms with Gasteiger partial charge in [-0.2, -0.15) is 12.6 Å². The molecular weight excluding hydrogens is 1010 g/mol. The summed E-state index contributed by atoms with van der Waals surface area (Å²) in [6, 6.07) is 2.71. The van der Waals surface area contributed by atoms with Crippen LogP contribution in [0, 0.1) is 5.92 Å². The predicted molar refractivity (Wildman–Crippen MR) is 274 cm³/mol. The number of carbonyl (C=O) groups is 7. The van der Waals surface area contributed by atoms with Gasteiger partial charge in [-0.25, -0.2) is 9.55 Å². The van der Waals surface area contributed by atoms with E-state index in [2.05, 4.69) is 65.8 Å². The number of carbonyl (C=O) groups excluding carboxylic acids is 7. The lowest BCUT2D eigenvalue weighted by molar-refractivity contribution is -0.142. The van der Waals surface area contributed by atoms with Crippen molar-refractivity contribution in [3.8, 4) is 0 Å². The van der Waals surface area contributed by atoms with Crippen LogP contribution < -0.4 is 32.3 Å². The molecule has 416 valence electrons. The van der Waals surface area contributed by atoms with Crippen LogP contribution in [0.3, 0.4) is 0 Å². The summed E-state index contributed by atoms with van der Waals surface area (Å²) in [5, 5.41) is 22.9. The number of aliphatic hydroxyl groups excluding tert-OH is 1. The summed E-state index contributed by atoms with van der Waals surface area (Å²) in [5.74, 6) is -5.01. The fourth-order valence-electron chi connectivity index (χ4n) is 7.89. The van der Waals surface area contributed by atoms with Crippen molar-refractivity contribution in [2.24, 2.45) is 11.7 Å². The average molecular weight is 1080 g/mol. The van der Waals surface area contributed by atoms with Crippen molar-refractivity contribution in [2.45, 2.75) is 153 Å². The summed E-state index contributed by atoms with van der Waals surface area (Å²) in [6.07, 6.45) is 3.70. The molecule has 1 fully saturated rings. The minimum atomic E-state index is -5.14. The number of likely N-dealkylation sites (tertiary alicyclic amines) is 1. The lowest BCUT2D eigenvalue weighted by Crippen LogP contribution is -2.61. The molecule has 74 heavy (non-hydrogen) atoms. The van der Waals surface area contributed by atoms with Gasteiger partial charge in [0.25, 0.3) is 0 Å². The van der Waals surface area contributed by atoms with E-state index in [4.69, 9.17) is 19.9 Å². The van der Waals surface area contributed by atoms with E-state index < -0.39 is 92.0 Å². The molecule has 7 amide bonds. The first-order valence-electron chi connectivity index (χ1n) is 24.8. The van der Waals surface area contributed by atoms with Gasteiger partial charge < -0.3 is 71.3 Å². The Morgan fingerprint density at radius 2 is 1.61 bits per heavy atom. The molecule has 1 aliphatic heterocycles. The van der Waals surface area contributed by atoms with Crippen molar-refractivity contribution in [3.05, 3.63) is 54.1 Å². The summed E-state index contributed by atoms with van der Waals surface area (Å²) in [7, 11) is -5.14. The molecule has 2 aromatic rings. The molecule has 1 aliphatic rings. The number of primary amides is 1. The predicted octanol–water partition coefficient (Wildman–Crippen LogP) is 0.339. The summed E-state index contributed by atoms with van der Waals surface area (Å²) in [4.78, 5) is 120. The van der Waals surface area contributed by atoms with E-state index in [1.165, 1.54) is 23.0 Å². The van der Waals surface area contributed by atoms with E-state index in [1.807, 2.05) is 52.8 Å². The maximum atomic E-state index is 14.4. The first-order valence-corrected chi connectivity index (χ1v) is 27.0. The highest BCUT2D eigenvalue weighted by molar-refractivity contribution is 7.80. The van der Waals surface area contributed by atoms with Crippen molar-refractivity contribution in [3.63, 3.8) is 0 Å². The number of aromatic nitrogens is 2. The fourth-order valence-corrected chi connectivity index (χ4v) is 8.64. The zero-order chi connectivity index (χ0) is 55.0. The van der Waals surface area contributed by atoms with Crippen LogP contribution in [0.25, 0.3) is 0 Å². The van der Waals surface area contributed by atoms with Crippen LogP contribution in [0.4, 0.5) is 0 Å². The smallest absolute Gasteiger partial charge is 0.394 e. The topological polar surface area (TPSA) is 352 Å². The number of phosphoric acid groups is 1. The Hall–Kier alpha value is -4.98. The number of H-pyrrole nitrogens is 1. The number of hydrogen-bond donors (Lipinski definition) is 11. The molecule has 11 N–H and O–H groups in total. The van der Waals surface area contributed by atoms with E-state index in [1.54, 1.807) is 0 Å². The van der Waals surface area contributed by atoms with E-state index in [-0.39, 0.29) is 69.3 Å². The third kappa shape index (κ3) is 23.7. The summed E-state index contributed by atoms with van der Waals surface area (Å²) in [5.41, 5.74) is 6.13. The molecule has 24 nitrogen and oxygen atoms in total. The van der Waals surface area contributed by atoms with Gasteiger partial charge in [0, 0.05) is 50.8 Å². The Labute approximate surface area is 438 Å². The van der Waals surface area contributed by atoms with E-state index in [9.17, 15) is 53.0 Å². The zero-order valence-electron chi connectivity index (χ0n) is 43.2. The Morgan fingerprint density at radius 3 is 2.23 bits per heavy atom. The number of nitrogens with one attached hydrogen (secondary N) is 6.